The van der Waals surface area contributed by atoms with Crippen molar-refractivity contribution in [3.8, 4) is 0 Å². The van der Waals surface area contributed by atoms with Crippen molar-refractivity contribution >= 4 is 29.5 Å². The molecule has 1 unspecified atom stereocenters. The average molecular weight is 2150 g/mol. The summed E-state index contributed by atoms with van der Waals surface area (Å²) in [7, 11) is 0. The predicted molar refractivity (Wildman–Crippen MR) is 452 cm³/mol. The second kappa shape index (κ2) is 52.8. The fraction of sp³-hybridized carbons (Fsp3) is 0.939. The Kier molecular flexibility index (Phi) is 43.4. The fourth-order valence-electron chi connectivity index (χ4n) is 19.2. The first-order valence-electron chi connectivity index (χ1n) is 47.0. The summed E-state index contributed by atoms with van der Waals surface area (Å²) in [5.41, 5.74) is 0. The van der Waals surface area contributed by atoms with Crippen molar-refractivity contribution in [2.75, 3.05) is 72.7 Å². The third-order valence-corrected chi connectivity index (χ3v) is 27.0. The largest absolute Gasteiger partial charge is 0.394 e. The minimum atomic E-state index is -2.81. The molecule has 60 atom stereocenters. The van der Waals surface area contributed by atoms with Crippen LogP contribution in [0.25, 0.3) is 0 Å². The summed E-state index contributed by atoms with van der Waals surface area (Å²) in [5, 5.41) is 374. The lowest BCUT2D eigenvalue weighted by Gasteiger charge is -2.52. The highest BCUT2D eigenvalue weighted by atomic mass is 16.8. The Labute approximate surface area is 832 Å². The van der Waals surface area contributed by atoms with Crippen LogP contribution >= 0.6 is 0 Å². The molecular formula is C82H137N5O60. The molecule has 12 heterocycles. The van der Waals surface area contributed by atoms with Gasteiger partial charge in [0.15, 0.2) is 75.5 Å². The first kappa shape index (κ1) is 121. The van der Waals surface area contributed by atoms with Crippen LogP contribution in [0.1, 0.15) is 41.5 Å². The van der Waals surface area contributed by atoms with Crippen LogP contribution in [0.2, 0.25) is 0 Å². The van der Waals surface area contributed by atoms with Crippen molar-refractivity contribution in [3.63, 3.8) is 0 Å². The summed E-state index contributed by atoms with van der Waals surface area (Å²) in [5.74, 6) is -5.06. The number of aliphatic hydroxyl groups excluding tert-OH is 32. The van der Waals surface area contributed by atoms with Crippen LogP contribution in [0.4, 0.5) is 0 Å². The molecule has 65 nitrogen and oxygen atoms in total. The number of carbonyl (C=O) groups excluding carboxylic acids is 5. The predicted octanol–water partition coefficient (Wildman–Crippen LogP) is -25.4. The van der Waals surface area contributed by atoms with Gasteiger partial charge >= 0.3 is 0 Å². The lowest BCUT2D eigenvalue weighted by Crippen LogP contribution is -2.71. The second-order valence-corrected chi connectivity index (χ2v) is 37.3. The van der Waals surface area contributed by atoms with E-state index in [-0.39, 0.29) is 0 Å². The quantitative estimate of drug-likeness (QED) is 0.0273. The van der Waals surface area contributed by atoms with Crippen molar-refractivity contribution in [2.24, 2.45) is 0 Å². The van der Waals surface area contributed by atoms with Crippen LogP contribution in [-0.4, -0.2) is 634 Å². The van der Waals surface area contributed by atoms with Crippen molar-refractivity contribution < 1.29 is 296 Å². The Morgan fingerprint density at radius 3 is 0.762 bits per heavy atom. The van der Waals surface area contributed by atoms with Crippen molar-refractivity contribution in [3.05, 3.63) is 0 Å². The number of hydrogen-bond acceptors (Lipinski definition) is 60. The topological polar surface area (TPSA) is 1010 Å². The maximum Gasteiger partial charge on any atom is 0.217 e. The summed E-state index contributed by atoms with van der Waals surface area (Å²) in [4.78, 5) is 66.0. The van der Waals surface area contributed by atoms with Crippen molar-refractivity contribution in [1.82, 2.24) is 26.6 Å². The van der Waals surface area contributed by atoms with Gasteiger partial charge in [0, 0.05) is 34.6 Å². The molecule has 37 N–H and O–H groups in total. The third kappa shape index (κ3) is 26.8. The SMILES string of the molecule is CC(=O)N[C@@H]1[C@@H](O)[C@H](O[C@@H]2O[C@H](CO)[C@@H](OC3O[C@H](CO[C@H]4O[C@H](CO)[C@@H](O)[C@H](O)[C@@H]4O[C@@H]4O[C@H](CO)[C@@H](O[C@@H]5O[C@H](CO)[C@H](O)[C@H](O)[C@H]5O)[C@H](O)[C@H]4NC(C)=O)[C@@H](O)[C@H](O[C@H]4O[C@H](CO)[C@@H](O[C@@H]5O[C@H](CO)[C@@H](O[C@@H]6O[C@H](CO)[C@H](O)[C@H](O)[C@H]6O)[C@H](O)[C@H]5NC(C)=O)[C@H](O)[C@@H]4O[C@@H]4O[C@H](CO)[C@@H](O[C@@H]5O[C@H](CO)[C@H](O)[C@H](O)[C@H]5O)[C@H](O)[C@H]4NC(C)=O)[C@@H]3O)[C@H](O)[C@H]2NC(C)=O)[C@@H](CO[C@@H]2O[C@@H](C)[C@@H](O)[C@@H](O)[C@@H]2O)O[C@H]1O. The molecule has 0 aromatic carbocycles. The molecule has 0 aromatic rings. The summed E-state index contributed by atoms with van der Waals surface area (Å²) in [6.45, 7) is -7.27. The molecule has 0 saturated carbocycles. The number of nitrogens with one attached hydrogen (secondary N) is 5. The minimum Gasteiger partial charge on any atom is -0.394 e. The van der Waals surface area contributed by atoms with Crippen molar-refractivity contribution in [1.29, 1.82) is 0 Å². The Bertz CT molecular complexity index is 4110. The lowest BCUT2D eigenvalue weighted by atomic mass is 9.93. The van der Waals surface area contributed by atoms with E-state index >= 15 is 0 Å². The number of carbonyl (C=O) groups is 5. The van der Waals surface area contributed by atoms with Crippen molar-refractivity contribution in [2.45, 2.75) is 410 Å². The van der Waals surface area contributed by atoms with Gasteiger partial charge in [0.05, 0.1) is 78.8 Å². The maximum atomic E-state index is 13.5. The number of hydrogen-bond donors (Lipinski definition) is 37. The molecule has 0 bridgehead atoms. The second-order valence-electron chi connectivity index (χ2n) is 37.3. The molecule has 0 aliphatic carbocycles. The van der Waals surface area contributed by atoms with E-state index in [2.05, 4.69) is 26.6 Å². The Hall–Kier alpha value is -4.85. The maximum absolute atomic E-state index is 13.5. The Morgan fingerprint density at radius 2 is 0.422 bits per heavy atom. The van der Waals surface area contributed by atoms with E-state index in [1.807, 2.05) is 0 Å². The van der Waals surface area contributed by atoms with E-state index in [9.17, 15) is 187 Å². The Balaban J connectivity index is 0.929. The molecule has 0 aromatic heterocycles. The van der Waals surface area contributed by atoms with Gasteiger partial charge < -0.3 is 299 Å². The summed E-state index contributed by atoms with van der Waals surface area (Å²) < 4.78 is 139. The van der Waals surface area contributed by atoms with Gasteiger partial charge in [-0.25, -0.2) is 0 Å². The monoisotopic (exact) mass is 2150 g/mol. The van der Waals surface area contributed by atoms with Crippen LogP contribution in [-0.2, 0) is 133 Å². The zero-order chi connectivity index (χ0) is 108. The van der Waals surface area contributed by atoms with E-state index in [0.717, 1.165) is 34.6 Å². The standard InChI is InChI=1S/C82H137N5O60/c1-18-40(102)51(113)56(118)76(127-18)125-17-34-67(46(108)35(71(124)128-34)83-19(2)97)140-73-37(85-21(4)99)48(110)65(31(14-95)134-73)144-80-61(123)68(45(107)33(138-80)16-126-81-69(55(117)44(106)27(10-91)132-81)146-74-38(86-22(5)100)49(111)63(29(12-93)135-74)142-78-58(120)53(115)42(104)25(8-89)130-78)145-82-70(147-75-39(87-23(6)101)50(112)64(30(13-94)136-75)143-79-59(121)54(116)43(105)26(9-90)131-79)60(122)66(32(15-96)137-82)139-72-36(84-20(3)98)47(109)62(28(11-92)133-72)141-77-57(119)52(114)41(103)24(7-88)129-77/h18,24-82,88-96,102-124H,7-17H2,1-6H3,(H,83,97)(H,84,98)(H,85,99)(H,86,100)(H,87,101)/t18-,24+,25+,26+,27+,28+,29+,30+,31+,32+,33+,34+,35+,36+,37+,38+,39+,40+,41-,42-,43-,44+,45+,46+,47+,48+,49+,50+,51+,52-,53-,54-,55-,56-,57+,58+,59+,60-,61-,62+,63+,64+,65+,66+,67+,68-,69-,70-,71+,72-,73-,74-,75-,76+,77-,78-,79-,80?,81-,82+/m0/s1. The number of aliphatic hydroxyl groups is 32. The molecule has 850 valence electrons. The van der Waals surface area contributed by atoms with E-state index in [0.29, 0.717) is 0 Å². The lowest BCUT2D eigenvalue weighted by molar-refractivity contribution is -0.407. The van der Waals surface area contributed by atoms with E-state index in [1.165, 1.54) is 6.92 Å². The average Bonchev–Trinajstić information content (AvgIpc) is 0.757. The molecule has 147 heavy (non-hydrogen) atoms. The highest BCUT2D eigenvalue weighted by molar-refractivity contribution is 5.75. The summed E-state index contributed by atoms with van der Waals surface area (Å²) in [6.07, 6.45) is -119. The van der Waals surface area contributed by atoms with Gasteiger partial charge in [0.1, 0.15) is 287 Å². The molecule has 0 radical (unpaired) electrons. The van der Waals surface area contributed by atoms with Gasteiger partial charge in [0.2, 0.25) is 29.5 Å². The first-order chi connectivity index (χ1) is 69.5. The summed E-state index contributed by atoms with van der Waals surface area (Å²) in [6, 6.07) is -10.2. The van der Waals surface area contributed by atoms with Crippen LogP contribution in [0.5, 0.6) is 0 Å². The number of ether oxygens (including phenoxy) is 23. The molecule has 12 aliphatic rings. The number of amides is 5. The van der Waals surface area contributed by atoms with Gasteiger partial charge in [0.25, 0.3) is 0 Å². The minimum absolute atomic E-state index is 0.856. The highest BCUT2D eigenvalue weighted by Crippen LogP contribution is 2.43. The highest BCUT2D eigenvalue weighted by Gasteiger charge is 2.64. The molecule has 0 spiro atoms. The molecule has 12 saturated heterocycles. The molecule has 65 heteroatoms. The normalized spacial score (nSPS) is 49.6. The summed E-state index contributed by atoms with van der Waals surface area (Å²) >= 11 is 0. The van der Waals surface area contributed by atoms with Crippen LogP contribution in [0, 0.1) is 0 Å². The molecule has 12 aliphatic heterocycles. The van der Waals surface area contributed by atoms with E-state index in [4.69, 9.17) is 109 Å². The smallest absolute Gasteiger partial charge is 0.217 e. The van der Waals surface area contributed by atoms with Gasteiger partial charge in [-0.1, -0.05) is 0 Å². The fourth-order valence-corrected chi connectivity index (χ4v) is 19.2. The zero-order valence-electron chi connectivity index (χ0n) is 79.2. The first-order valence-corrected chi connectivity index (χ1v) is 47.0. The van der Waals surface area contributed by atoms with Gasteiger partial charge in [-0.2, -0.15) is 0 Å². The molecular weight excluding hydrogens is 2010 g/mol. The number of rotatable bonds is 38. The van der Waals surface area contributed by atoms with E-state index < -0.39 is 470 Å². The zero-order valence-corrected chi connectivity index (χ0v) is 79.2. The molecule has 12 rings (SSSR count). The molecule has 5 amide bonds. The van der Waals surface area contributed by atoms with E-state index in [1.54, 1.807) is 0 Å². The van der Waals surface area contributed by atoms with Crippen LogP contribution in [0.3, 0.4) is 0 Å². The van der Waals surface area contributed by atoms with Gasteiger partial charge in [-0.15, -0.1) is 0 Å². The third-order valence-electron chi connectivity index (χ3n) is 27.0. The molecule has 12 fully saturated rings. The van der Waals surface area contributed by atoms with Crippen LogP contribution in [0.15, 0.2) is 0 Å². The van der Waals surface area contributed by atoms with Gasteiger partial charge in [-0.3, -0.25) is 24.0 Å². The Morgan fingerprint density at radius 1 is 0.190 bits per heavy atom. The van der Waals surface area contributed by atoms with Crippen LogP contribution < -0.4 is 26.6 Å². The van der Waals surface area contributed by atoms with Gasteiger partial charge in [-0.05, 0) is 6.92 Å².